The van der Waals surface area contributed by atoms with Gasteiger partial charge in [-0.15, -0.1) is 0 Å². The number of hydrogen-bond acceptors (Lipinski definition) is 3. The van der Waals surface area contributed by atoms with Gasteiger partial charge in [-0.05, 0) is 36.4 Å². The SMILES string of the molecule is NC(=O)N/N=C/c1cccn1-c1ccc(C(=O)O)cc1. The van der Waals surface area contributed by atoms with Gasteiger partial charge in [-0.25, -0.2) is 15.0 Å². The number of nitrogens with two attached hydrogens (primary N) is 1. The van der Waals surface area contributed by atoms with Crippen molar-refractivity contribution < 1.29 is 14.7 Å². The highest BCUT2D eigenvalue weighted by Crippen LogP contribution is 2.13. The summed E-state index contributed by atoms with van der Waals surface area (Å²) in [6, 6.07) is 9.24. The number of hydrogen-bond donors (Lipinski definition) is 3. The third kappa shape index (κ3) is 3.02. The molecule has 0 fully saturated rings. The van der Waals surface area contributed by atoms with E-state index in [-0.39, 0.29) is 5.56 Å². The van der Waals surface area contributed by atoms with E-state index in [0.717, 1.165) is 5.69 Å². The number of aromatic nitrogens is 1. The minimum atomic E-state index is -0.975. The molecule has 0 atom stereocenters. The number of nitrogens with zero attached hydrogens (tertiary/aromatic N) is 2. The molecular weight excluding hydrogens is 260 g/mol. The number of amides is 2. The number of urea groups is 1. The van der Waals surface area contributed by atoms with Crippen molar-refractivity contribution >= 4 is 18.2 Å². The number of primary amides is 1. The molecule has 7 nitrogen and oxygen atoms in total. The molecule has 2 rings (SSSR count). The summed E-state index contributed by atoms with van der Waals surface area (Å²) in [5.41, 5.74) is 8.71. The quantitative estimate of drug-likeness (QED) is 0.574. The van der Waals surface area contributed by atoms with Crippen LogP contribution in [0.25, 0.3) is 5.69 Å². The van der Waals surface area contributed by atoms with E-state index in [2.05, 4.69) is 10.5 Å². The van der Waals surface area contributed by atoms with Crippen LogP contribution in [0.4, 0.5) is 4.79 Å². The van der Waals surface area contributed by atoms with E-state index in [1.165, 1.54) is 18.3 Å². The van der Waals surface area contributed by atoms with Crippen LogP contribution in [-0.2, 0) is 0 Å². The van der Waals surface area contributed by atoms with Crippen LogP contribution in [0, 0.1) is 0 Å². The van der Waals surface area contributed by atoms with Crippen LogP contribution in [0.3, 0.4) is 0 Å². The van der Waals surface area contributed by atoms with E-state index in [0.29, 0.717) is 5.69 Å². The van der Waals surface area contributed by atoms with Gasteiger partial charge in [0.15, 0.2) is 0 Å². The lowest BCUT2D eigenvalue weighted by Crippen LogP contribution is -2.24. The van der Waals surface area contributed by atoms with E-state index >= 15 is 0 Å². The van der Waals surface area contributed by atoms with Crippen molar-refractivity contribution in [3.8, 4) is 5.69 Å². The fraction of sp³-hybridized carbons (Fsp3) is 0. The number of nitrogens with one attached hydrogen (secondary N) is 1. The summed E-state index contributed by atoms with van der Waals surface area (Å²) in [7, 11) is 0. The van der Waals surface area contributed by atoms with Gasteiger partial charge in [-0.2, -0.15) is 5.10 Å². The number of hydrazone groups is 1. The fourth-order valence-corrected chi connectivity index (χ4v) is 1.66. The Morgan fingerprint density at radius 2 is 1.95 bits per heavy atom. The Morgan fingerprint density at radius 1 is 1.25 bits per heavy atom. The molecule has 2 aromatic rings. The van der Waals surface area contributed by atoms with Crippen LogP contribution in [0.2, 0.25) is 0 Å². The van der Waals surface area contributed by atoms with Gasteiger partial charge in [0.05, 0.1) is 17.5 Å². The Hall–Kier alpha value is -3.09. The predicted octanol–water partition coefficient (Wildman–Crippen LogP) is 1.18. The highest BCUT2D eigenvalue weighted by Gasteiger charge is 2.04. The Labute approximate surface area is 114 Å². The van der Waals surface area contributed by atoms with E-state index in [1.807, 2.05) is 0 Å². The molecule has 0 aliphatic rings. The van der Waals surface area contributed by atoms with Crippen LogP contribution < -0.4 is 11.2 Å². The topological polar surface area (TPSA) is 110 Å². The zero-order chi connectivity index (χ0) is 14.5. The highest BCUT2D eigenvalue weighted by atomic mass is 16.4. The van der Waals surface area contributed by atoms with Gasteiger partial charge in [-0.1, -0.05) is 0 Å². The van der Waals surface area contributed by atoms with Crippen molar-refractivity contribution in [2.24, 2.45) is 10.8 Å². The molecular formula is C13H12N4O3. The van der Waals surface area contributed by atoms with Crippen LogP contribution in [0.1, 0.15) is 16.1 Å². The molecule has 0 bridgehead atoms. The monoisotopic (exact) mass is 272 g/mol. The maximum Gasteiger partial charge on any atom is 0.335 e. The average molecular weight is 272 g/mol. The summed E-state index contributed by atoms with van der Waals surface area (Å²) >= 11 is 0. The minimum Gasteiger partial charge on any atom is -0.478 e. The second kappa shape index (κ2) is 5.70. The first-order valence-electron chi connectivity index (χ1n) is 5.67. The largest absolute Gasteiger partial charge is 0.478 e. The van der Waals surface area contributed by atoms with Gasteiger partial charge in [0.1, 0.15) is 0 Å². The zero-order valence-electron chi connectivity index (χ0n) is 10.4. The summed E-state index contributed by atoms with van der Waals surface area (Å²) in [4.78, 5) is 21.3. The van der Waals surface area contributed by atoms with Gasteiger partial charge in [0, 0.05) is 11.9 Å². The molecule has 102 valence electrons. The third-order valence-electron chi connectivity index (χ3n) is 2.54. The van der Waals surface area contributed by atoms with E-state index < -0.39 is 12.0 Å². The van der Waals surface area contributed by atoms with Crippen molar-refractivity contribution in [2.75, 3.05) is 0 Å². The summed E-state index contributed by atoms with van der Waals surface area (Å²) in [5.74, 6) is -0.975. The molecule has 0 unspecified atom stereocenters. The Morgan fingerprint density at radius 3 is 2.55 bits per heavy atom. The molecule has 0 saturated carbocycles. The molecule has 1 aromatic heterocycles. The predicted molar refractivity (Wildman–Crippen MR) is 73.0 cm³/mol. The normalized spacial score (nSPS) is 10.6. The number of carboxylic acid groups (broad SMARTS) is 1. The summed E-state index contributed by atoms with van der Waals surface area (Å²) in [6.45, 7) is 0. The van der Waals surface area contributed by atoms with Crippen molar-refractivity contribution in [1.29, 1.82) is 0 Å². The standard InChI is InChI=1S/C13H12N4O3/c14-13(20)16-15-8-11-2-1-7-17(11)10-5-3-9(4-6-10)12(18)19/h1-8H,(H,18,19)(H3,14,16,20)/b15-8+. The Kier molecular flexibility index (Phi) is 3.80. The van der Waals surface area contributed by atoms with E-state index in [1.54, 1.807) is 35.0 Å². The molecule has 20 heavy (non-hydrogen) atoms. The number of benzene rings is 1. The highest BCUT2D eigenvalue weighted by molar-refractivity contribution is 5.88. The van der Waals surface area contributed by atoms with Crippen LogP contribution in [0.5, 0.6) is 0 Å². The van der Waals surface area contributed by atoms with Crippen molar-refractivity contribution in [3.63, 3.8) is 0 Å². The first kappa shape index (κ1) is 13.3. The average Bonchev–Trinajstić information content (AvgIpc) is 2.87. The van der Waals surface area contributed by atoms with Gasteiger partial charge >= 0.3 is 12.0 Å². The fourth-order valence-electron chi connectivity index (χ4n) is 1.66. The third-order valence-corrected chi connectivity index (χ3v) is 2.54. The molecule has 0 spiro atoms. The minimum absolute atomic E-state index is 0.214. The lowest BCUT2D eigenvalue weighted by Gasteiger charge is -2.06. The van der Waals surface area contributed by atoms with E-state index in [9.17, 15) is 9.59 Å². The molecule has 4 N–H and O–H groups in total. The van der Waals surface area contributed by atoms with Crippen molar-refractivity contribution in [3.05, 3.63) is 53.9 Å². The molecule has 0 aliphatic carbocycles. The molecule has 0 aliphatic heterocycles. The van der Waals surface area contributed by atoms with Crippen molar-refractivity contribution in [2.45, 2.75) is 0 Å². The lowest BCUT2D eigenvalue weighted by atomic mass is 10.2. The van der Waals surface area contributed by atoms with Gasteiger partial charge in [-0.3, -0.25) is 0 Å². The second-order valence-corrected chi connectivity index (χ2v) is 3.89. The van der Waals surface area contributed by atoms with Crippen LogP contribution in [-0.4, -0.2) is 27.9 Å². The number of carbonyl (C=O) groups is 2. The maximum atomic E-state index is 10.8. The molecule has 0 radical (unpaired) electrons. The Balaban J connectivity index is 2.25. The number of carbonyl (C=O) groups excluding carboxylic acids is 1. The molecule has 7 heteroatoms. The molecule has 0 saturated heterocycles. The smallest absolute Gasteiger partial charge is 0.335 e. The second-order valence-electron chi connectivity index (χ2n) is 3.89. The summed E-state index contributed by atoms with van der Waals surface area (Å²) in [5, 5.41) is 12.5. The molecule has 1 heterocycles. The Bertz CT molecular complexity index is 659. The molecule has 1 aromatic carbocycles. The molecule has 2 amide bonds. The number of carboxylic acids is 1. The van der Waals surface area contributed by atoms with Crippen LogP contribution in [0.15, 0.2) is 47.7 Å². The number of rotatable bonds is 4. The van der Waals surface area contributed by atoms with Gasteiger partial charge in [0.2, 0.25) is 0 Å². The maximum absolute atomic E-state index is 10.8. The first-order chi connectivity index (χ1) is 9.58. The van der Waals surface area contributed by atoms with E-state index in [4.69, 9.17) is 10.8 Å². The zero-order valence-corrected chi connectivity index (χ0v) is 10.4. The summed E-state index contributed by atoms with van der Waals surface area (Å²) in [6.07, 6.45) is 3.23. The lowest BCUT2D eigenvalue weighted by molar-refractivity contribution is 0.0697. The number of aromatic carboxylic acids is 1. The summed E-state index contributed by atoms with van der Waals surface area (Å²) < 4.78 is 1.79. The first-order valence-corrected chi connectivity index (χ1v) is 5.67. The van der Waals surface area contributed by atoms with Crippen molar-refractivity contribution in [1.82, 2.24) is 9.99 Å². The van der Waals surface area contributed by atoms with Crippen LogP contribution >= 0.6 is 0 Å². The van der Waals surface area contributed by atoms with Gasteiger partial charge < -0.3 is 15.4 Å². The van der Waals surface area contributed by atoms with Gasteiger partial charge in [0.25, 0.3) is 0 Å².